The summed E-state index contributed by atoms with van der Waals surface area (Å²) in [5, 5.41) is 1.12. The number of fused-ring (bicyclic) bond motifs is 1. The molecule has 0 unspecified atom stereocenters. The molecule has 0 saturated carbocycles. The van der Waals surface area contributed by atoms with Crippen molar-refractivity contribution in [2.24, 2.45) is 0 Å². The van der Waals surface area contributed by atoms with Crippen molar-refractivity contribution in [3.05, 3.63) is 34.3 Å². The summed E-state index contributed by atoms with van der Waals surface area (Å²) in [5.41, 5.74) is 3.66. The predicted molar refractivity (Wildman–Crippen MR) is 66.2 cm³/mol. The van der Waals surface area contributed by atoms with Gasteiger partial charge in [-0.1, -0.05) is 0 Å². The first-order chi connectivity index (χ1) is 7.74. The number of hydrogen-bond acceptors (Lipinski definition) is 3. The molecule has 0 spiro atoms. The quantitative estimate of drug-likeness (QED) is 0.750. The van der Waals surface area contributed by atoms with Gasteiger partial charge in [-0.2, -0.15) is 0 Å². The highest BCUT2D eigenvalue weighted by Gasteiger charge is 2.14. The lowest BCUT2D eigenvalue weighted by Gasteiger charge is -2.00. The monoisotopic (exact) mass is 231 g/mol. The van der Waals surface area contributed by atoms with Crippen LogP contribution in [0.1, 0.15) is 16.1 Å². The molecule has 2 aromatic rings. The van der Waals surface area contributed by atoms with Crippen LogP contribution in [0.4, 0.5) is 0 Å². The fourth-order valence-corrected chi connectivity index (χ4v) is 2.83. The van der Waals surface area contributed by atoms with Gasteiger partial charge in [0, 0.05) is 16.9 Å². The van der Waals surface area contributed by atoms with E-state index in [1.54, 1.807) is 11.3 Å². The molecular formula is C13H13NOS. The second-order valence-corrected chi connectivity index (χ2v) is 5.28. The van der Waals surface area contributed by atoms with Gasteiger partial charge in [0.1, 0.15) is 10.8 Å². The van der Waals surface area contributed by atoms with Crippen LogP contribution in [0, 0.1) is 13.8 Å². The molecule has 0 atom stereocenters. The van der Waals surface area contributed by atoms with Gasteiger partial charge in [0.05, 0.1) is 12.3 Å². The van der Waals surface area contributed by atoms with E-state index in [0.717, 1.165) is 29.5 Å². The van der Waals surface area contributed by atoms with Gasteiger partial charge in [-0.3, -0.25) is 0 Å². The lowest BCUT2D eigenvalue weighted by molar-refractivity contribution is 0.357. The minimum absolute atomic E-state index is 0.814. The first kappa shape index (κ1) is 9.85. The molecule has 0 aliphatic carbocycles. The molecular weight excluding hydrogens is 218 g/mol. The van der Waals surface area contributed by atoms with Gasteiger partial charge in [-0.15, -0.1) is 11.3 Å². The van der Waals surface area contributed by atoms with Gasteiger partial charge < -0.3 is 4.74 Å². The number of hydrogen-bond donors (Lipinski definition) is 0. The van der Waals surface area contributed by atoms with Crippen molar-refractivity contribution in [3.8, 4) is 16.3 Å². The molecule has 1 aromatic heterocycles. The first-order valence-electron chi connectivity index (χ1n) is 5.44. The molecule has 0 amide bonds. The second kappa shape index (κ2) is 3.59. The summed E-state index contributed by atoms with van der Waals surface area (Å²) < 4.78 is 5.50. The summed E-state index contributed by atoms with van der Waals surface area (Å²) in [6.07, 6.45) is 1.02. The summed E-state index contributed by atoms with van der Waals surface area (Å²) in [6, 6.07) is 6.37. The number of nitrogens with zero attached hydrogens (tertiary/aromatic N) is 1. The molecule has 3 heteroatoms. The molecule has 1 aliphatic heterocycles. The molecule has 1 aromatic carbocycles. The van der Waals surface area contributed by atoms with E-state index < -0.39 is 0 Å². The summed E-state index contributed by atoms with van der Waals surface area (Å²) in [4.78, 5) is 5.88. The Hall–Kier alpha value is -1.35. The SMILES string of the molecule is Cc1nc(-c2ccc3c(c2)CCO3)sc1C. The maximum Gasteiger partial charge on any atom is 0.123 e. The summed E-state index contributed by atoms with van der Waals surface area (Å²) in [6.45, 7) is 4.99. The Morgan fingerprint density at radius 3 is 2.94 bits per heavy atom. The van der Waals surface area contributed by atoms with Crippen LogP contribution in [-0.4, -0.2) is 11.6 Å². The average molecular weight is 231 g/mol. The third-order valence-electron chi connectivity index (χ3n) is 2.96. The van der Waals surface area contributed by atoms with Crippen LogP contribution in [0.2, 0.25) is 0 Å². The molecule has 0 fully saturated rings. The van der Waals surface area contributed by atoms with Gasteiger partial charge in [0.15, 0.2) is 0 Å². The Morgan fingerprint density at radius 1 is 1.31 bits per heavy atom. The fourth-order valence-electron chi connectivity index (χ4n) is 1.92. The van der Waals surface area contributed by atoms with Crippen molar-refractivity contribution < 1.29 is 4.74 Å². The van der Waals surface area contributed by atoms with Crippen LogP contribution >= 0.6 is 11.3 Å². The third kappa shape index (κ3) is 1.52. The van der Waals surface area contributed by atoms with Gasteiger partial charge in [0.25, 0.3) is 0 Å². The average Bonchev–Trinajstić information content (AvgIpc) is 2.85. The number of benzene rings is 1. The molecule has 0 bridgehead atoms. The number of ether oxygens (including phenoxy) is 1. The van der Waals surface area contributed by atoms with Crippen molar-refractivity contribution in [1.29, 1.82) is 0 Å². The topological polar surface area (TPSA) is 22.1 Å². The van der Waals surface area contributed by atoms with Crippen LogP contribution in [0.25, 0.3) is 10.6 Å². The lowest BCUT2D eigenvalue weighted by Crippen LogP contribution is -1.85. The van der Waals surface area contributed by atoms with Gasteiger partial charge in [-0.25, -0.2) is 4.98 Å². The normalized spacial score (nSPS) is 13.6. The third-order valence-corrected chi connectivity index (χ3v) is 4.09. The summed E-state index contributed by atoms with van der Waals surface area (Å²) >= 11 is 1.76. The first-order valence-corrected chi connectivity index (χ1v) is 6.26. The largest absolute Gasteiger partial charge is 0.493 e. The zero-order chi connectivity index (χ0) is 11.1. The molecule has 1 aliphatic rings. The van der Waals surface area contributed by atoms with Crippen LogP contribution in [0.5, 0.6) is 5.75 Å². The Bertz CT molecular complexity index is 525. The van der Waals surface area contributed by atoms with E-state index in [9.17, 15) is 0 Å². The van der Waals surface area contributed by atoms with Crippen molar-refractivity contribution in [2.45, 2.75) is 20.3 Å². The van der Waals surface area contributed by atoms with E-state index in [-0.39, 0.29) is 0 Å². The molecule has 2 nitrogen and oxygen atoms in total. The van der Waals surface area contributed by atoms with Crippen molar-refractivity contribution >= 4 is 11.3 Å². The van der Waals surface area contributed by atoms with Crippen molar-refractivity contribution in [2.75, 3.05) is 6.61 Å². The van der Waals surface area contributed by atoms with E-state index in [4.69, 9.17) is 4.74 Å². The zero-order valence-electron chi connectivity index (χ0n) is 9.41. The molecule has 0 radical (unpaired) electrons. The molecule has 0 N–H and O–H groups in total. The van der Waals surface area contributed by atoms with E-state index in [1.807, 2.05) is 0 Å². The minimum Gasteiger partial charge on any atom is -0.493 e. The predicted octanol–water partition coefficient (Wildman–Crippen LogP) is 3.36. The van der Waals surface area contributed by atoms with E-state index in [1.165, 1.54) is 16.0 Å². The fraction of sp³-hybridized carbons (Fsp3) is 0.308. The van der Waals surface area contributed by atoms with Gasteiger partial charge in [0.2, 0.25) is 0 Å². The Kier molecular flexibility index (Phi) is 2.21. The Labute approximate surface area is 98.9 Å². The minimum atomic E-state index is 0.814. The van der Waals surface area contributed by atoms with Crippen LogP contribution in [0.3, 0.4) is 0 Å². The number of aromatic nitrogens is 1. The van der Waals surface area contributed by atoms with E-state index in [2.05, 4.69) is 37.0 Å². The Morgan fingerprint density at radius 2 is 2.19 bits per heavy atom. The van der Waals surface area contributed by atoms with Gasteiger partial charge in [-0.05, 0) is 37.6 Å². The number of rotatable bonds is 1. The molecule has 82 valence electrons. The maximum atomic E-state index is 5.50. The van der Waals surface area contributed by atoms with Crippen molar-refractivity contribution in [3.63, 3.8) is 0 Å². The zero-order valence-corrected chi connectivity index (χ0v) is 10.2. The second-order valence-electron chi connectivity index (χ2n) is 4.08. The molecule has 2 heterocycles. The Balaban J connectivity index is 2.07. The van der Waals surface area contributed by atoms with E-state index >= 15 is 0 Å². The molecule has 0 saturated heterocycles. The van der Waals surface area contributed by atoms with Crippen LogP contribution in [-0.2, 0) is 6.42 Å². The lowest BCUT2D eigenvalue weighted by atomic mass is 10.1. The number of aryl methyl sites for hydroxylation is 2. The smallest absolute Gasteiger partial charge is 0.123 e. The standard InChI is InChI=1S/C13H13NOS/c1-8-9(2)16-13(14-8)11-3-4-12-10(7-11)5-6-15-12/h3-4,7H,5-6H2,1-2H3. The highest BCUT2D eigenvalue weighted by molar-refractivity contribution is 7.15. The molecule has 3 rings (SSSR count). The van der Waals surface area contributed by atoms with Crippen molar-refractivity contribution in [1.82, 2.24) is 4.98 Å². The van der Waals surface area contributed by atoms with E-state index in [0.29, 0.717) is 0 Å². The van der Waals surface area contributed by atoms with Crippen LogP contribution < -0.4 is 4.74 Å². The highest BCUT2D eigenvalue weighted by Crippen LogP contribution is 2.33. The molecule has 16 heavy (non-hydrogen) atoms. The summed E-state index contributed by atoms with van der Waals surface area (Å²) in [7, 11) is 0. The van der Waals surface area contributed by atoms with Crippen LogP contribution in [0.15, 0.2) is 18.2 Å². The van der Waals surface area contributed by atoms with Gasteiger partial charge >= 0.3 is 0 Å². The number of thiazole rings is 1. The summed E-state index contributed by atoms with van der Waals surface area (Å²) in [5.74, 6) is 1.04. The maximum absolute atomic E-state index is 5.50. The highest BCUT2D eigenvalue weighted by atomic mass is 32.1.